The van der Waals surface area contributed by atoms with Crippen molar-refractivity contribution in [3.8, 4) is 5.75 Å². The quantitative estimate of drug-likeness (QED) is 0.217. The lowest BCUT2D eigenvalue weighted by Gasteiger charge is -2.21. The molecule has 0 spiro atoms. The van der Waals surface area contributed by atoms with E-state index in [4.69, 9.17) is 32.7 Å². The minimum atomic E-state index is -0.622. The molecular formula is C30H28Cl2N4O5. The number of urea groups is 1. The highest BCUT2D eigenvalue weighted by Gasteiger charge is 2.20. The summed E-state index contributed by atoms with van der Waals surface area (Å²) in [7, 11) is 1.54. The van der Waals surface area contributed by atoms with E-state index < -0.39 is 17.9 Å². The van der Waals surface area contributed by atoms with Gasteiger partial charge < -0.3 is 25.0 Å². The number of aryl methyl sites for hydroxylation is 1. The Bertz CT molecular complexity index is 1610. The number of anilines is 2. The molecule has 1 aromatic heterocycles. The van der Waals surface area contributed by atoms with E-state index in [1.807, 2.05) is 37.3 Å². The SMILES string of the molecule is CCOC(=O)c1cccc(NC(=O)NCC(=O)N(C)c2ccc(Cl)c(COc3cccc4ccc(C)nc34)c2Cl)c1. The fourth-order valence-electron chi connectivity index (χ4n) is 3.98. The molecule has 0 fully saturated rings. The first kappa shape index (κ1) is 29.6. The van der Waals surface area contributed by atoms with Gasteiger partial charge in [-0.25, -0.2) is 14.6 Å². The van der Waals surface area contributed by atoms with Crippen LogP contribution in [0.1, 0.15) is 28.5 Å². The Kier molecular flexibility index (Phi) is 9.65. The number of pyridine rings is 1. The van der Waals surface area contributed by atoms with Gasteiger partial charge >= 0.3 is 12.0 Å². The van der Waals surface area contributed by atoms with Crippen molar-refractivity contribution in [2.75, 3.05) is 30.4 Å². The third-order valence-corrected chi connectivity index (χ3v) is 6.90. The number of nitrogens with one attached hydrogen (secondary N) is 2. The molecule has 0 radical (unpaired) electrons. The number of benzene rings is 3. The maximum atomic E-state index is 12.9. The van der Waals surface area contributed by atoms with Gasteiger partial charge in [0.2, 0.25) is 5.91 Å². The van der Waals surface area contributed by atoms with Crippen molar-refractivity contribution in [3.63, 3.8) is 0 Å². The molecule has 2 N–H and O–H groups in total. The van der Waals surface area contributed by atoms with Crippen molar-refractivity contribution in [1.29, 1.82) is 0 Å². The van der Waals surface area contributed by atoms with Crippen LogP contribution in [0.25, 0.3) is 10.9 Å². The van der Waals surface area contributed by atoms with Gasteiger partial charge in [-0.1, -0.05) is 47.5 Å². The van der Waals surface area contributed by atoms with E-state index in [0.717, 1.165) is 16.6 Å². The van der Waals surface area contributed by atoms with Crippen LogP contribution in [0.5, 0.6) is 5.75 Å². The van der Waals surface area contributed by atoms with Crippen molar-refractivity contribution < 1.29 is 23.9 Å². The molecule has 9 nitrogen and oxygen atoms in total. The van der Waals surface area contributed by atoms with Gasteiger partial charge in [-0.2, -0.15) is 0 Å². The molecule has 0 aliphatic rings. The number of ether oxygens (including phenoxy) is 2. The molecule has 0 saturated carbocycles. The average molecular weight is 595 g/mol. The number of hydrogen-bond acceptors (Lipinski definition) is 6. The molecule has 11 heteroatoms. The molecule has 0 unspecified atom stereocenters. The number of amides is 3. The standard InChI is InChI=1S/C30H28Cl2N4O5/c1-4-40-29(38)20-8-5-9-21(15-20)35-30(39)33-16-26(37)36(3)24-14-13-23(31)22(27(24)32)17-41-25-10-6-7-19-12-11-18(2)34-28(19)25/h5-15H,4,16-17H2,1-3H3,(H2,33,35,39). The largest absolute Gasteiger partial charge is 0.487 e. The molecule has 212 valence electrons. The number of rotatable bonds is 9. The van der Waals surface area contributed by atoms with Crippen molar-refractivity contribution in [2.24, 2.45) is 0 Å². The van der Waals surface area contributed by atoms with Gasteiger partial charge in [0, 0.05) is 34.4 Å². The molecule has 0 saturated heterocycles. The summed E-state index contributed by atoms with van der Waals surface area (Å²) in [5.41, 5.74) is 3.15. The molecule has 1 heterocycles. The molecule has 3 amide bonds. The first-order valence-corrected chi connectivity index (χ1v) is 13.5. The number of esters is 1. The Morgan fingerprint density at radius 1 is 1.00 bits per heavy atom. The second kappa shape index (κ2) is 13.3. The number of fused-ring (bicyclic) bond motifs is 1. The van der Waals surface area contributed by atoms with E-state index >= 15 is 0 Å². The van der Waals surface area contributed by atoms with Crippen LogP contribution in [0.15, 0.2) is 66.7 Å². The highest BCUT2D eigenvalue weighted by atomic mass is 35.5. The molecule has 3 aromatic carbocycles. The lowest BCUT2D eigenvalue weighted by Crippen LogP contribution is -2.40. The summed E-state index contributed by atoms with van der Waals surface area (Å²) in [5, 5.41) is 6.67. The van der Waals surface area contributed by atoms with Crippen LogP contribution >= 0.6 is 23.2 Å². The molecule has 4 aromatic rings. The smallest absolute Gasteiger partial charge is 0.338 e. The number of nitrogens with zero attached hydrogens (tertiary/aromatic N) is 2. The Morgan fingerprint density at radius 2 is 1.78 bits per heavy atom. The van der Waals surface area contributed by atoms with Gasteiger partial charge in [0.15, 0.2) is 0 Å². The molecule has 0 aliphatic heterocycles. The maximum Gasteiger partial charge on any atom is 0.338 e. The van der Waals surface area contributed by atoms with E-state index in [9.17, 15) is 14.4 Å². The zero-order valence-corrected chi connectivity index (χ0v) is 24.2. The van der Waals surface area contributed by atoms with Gasteiger partial charge in [-0.3, -0.25) is 4.79 Å². The minimum absolute atomic E-state index is 0.0494. The van der Waals surface area contributed by atoms with Crippen LogP contribution in [0, 0.1) is 6.92 Å². The van der Waals surface area contributed by atoms with Gasteiger partial charge in [-0.05, 0) is 56.3 Å². The summed E-state index contributed by atoms with van der Waals surface area (Å²) in [6.45, 7) is 3.58. The first-order valence-electron chi connectivity index (χ1n) is 12.7. The normalized spacial score (nSPS) is 10.7. The summed E-state index contributed by atoms with van der Waals surface area (Å²) in [4.78, 5) is 43.2. The zero-order valence-electron chi connectivity index (χ0n) is 22.7. The third-order valence-electron chi connectivity index (χ3n) is 6.13. The lowest BCUT2D eigenvalue weighted by molar-refractivity contribution is -0.117. The molecule has 4 rings (SSSR count). The monoisotopic (exact) mass is 594 g/mol. The van der Waals surface area contributed by atoms with E-state index in [1.54, 1.807) is 44.3 Å². The third kappa shape index (κ3) is 7.25. The second-order valence-corrected chi connectivity index (χ2v) is 9.78. The van der Waals surface area contributed by atoms with Crippen LogP contribution < -0.4 is 20.3 Å². The van der Waals surface area contributed by atoms with Gasteiger partial charge in [-0.15, -0.1) is 0 Å². The van der Waals surface area contributed by atoms with Gasteiger partial charge in [0.1, 0.15) is 17.9 Å². The fourth-order valence-corrected chi connectivity index (χ4v) is 4.59. The van der Waals surface area contributed by atoms with Gasteiger partial charge in [0.05, 0.1) is 29.4 Å². The van der Waals surface area contributed by atoms with Crippen molar-refractivity contribution >= 4 is 63.4 Å². The molecular weight excluding hydrogens is 567 g/mol. The predicted molar refractivity (Wildman–Crippen MR) is 160 cm³/mol. The number of hydrogen-bond donors (Lipinski definition) is 2. The Labute approximate surface area is 247 Å². The molecule has 0 aliphatic carbocycles. The van der Waals surface area contributed by atoms with E-state index in [1.165, 1.54) is 11.0 Å². The van der Waals surface area contributed by atoms with Gasteiger partial charge in [0.25, 0.3) is 0 Å². The first-order chi connectivity index (χ1) is 19.7. The summed E-state index contributed by atoms with van der Waals surface area (Å²) < 4.78 is 11.0. The van der Waals surface area contributed by atoms with Crippen LogP contribution in [-0.2, 0) is 16.1 Å². The number of aromatic nitrogens is 1. The summed E-state index contributed by atoms with van der Waals surface area (Å²) >= 11 is 13.1. The number of carbonyl (C=O) groups excluding carboxylic acids is 3. The Hall–Kier alpha value is -4.34. The Morgan fingerprint density at radius 3 is 2.56 bits per heavy atom. The fraction of sp³-hybridized carbons (Fsp3) is 0.200. The highest BCUT2D eigenvalue weighted by Crippen LogP contribution is 2.35. The zero-order chi connectivity index (χ0) is 29.5. The summed E-state index contributed by atoms with van der Waals surface area (Å²) in [6.07, 6.45) is 0. The van der Waals surface area contributed by atoms with Crippen molar-refractivity contribution in [1.82, 2.24) is 10.3 Å². The Balaban J connectivity index is 1.40. The molecule has 0 bridgehead atoms. The maximum absolute atomic E-state index is 12.9. The van der Waals surface area contributed by atoms with Crippen LogP contribution in [-0.4, -0.2) is 43.1 Å². The highest BCUT2D eigenvalue weighted by molar-refractivity contribution is 6.38. The summed E-state index contributed by atoms with van der Waals surface area (Å²) in [6, 6.07) is 18.5. The second-order valence-electron chi connectivity index (χ2n) is 8.99. The van der Waals surface area contributed by atoms with Crippen molar-refractivity contribution in [2.45, 2.75) is 20.5 Å². The lowest BCUT2D eigenvalue weighted by atomic mass is 10.1. The minimum Gasteiger partial charge on any atom is -0.487 e. The van der Waals surface area contributed by atoms with E-state index in [0.29, 0.717) is 33.3 Å². The molecule has 41 heavy (non-hydrogen) atoms. The van der Waals surface area contributed by atoms with E-state index in [2.05, 4.69) is 15.6 Å². The number of halogens is 2. The predicted octanol–water partition coefficient (Wildman–Crippen LogP) is 6.39. The van der Waals surface area contributed by atoms with Crippen LogP contribution in [0.2, 0.25) is 10.0 Å². The average Bonchev–Trinajstić information content (AvgIpc) is 2.96. The topological polar surface area (TPSA) is 110 Å². The number of para-hydroxylation sites is 1. The van der Waals surface area contributed by atoms with Crippen LogP contribution in [0.3, 0.4) is 0 Å². The number of carbonyl (C=O) groups is 3. The van der Waals surface area contributed by atoms with Crippen LogP contribution in [0.4, 0.5) is 16.2 Å². The number of likely N-dealkylation sites (N-methyl/N-ethyl adjacent to an activating group) is 1. The van der Waals surface area contributed by atoms with E-state index in [-0.39, 0.29) is 24.8 Å². The summed E-state index contributed by atoms with van der Waals surface area (Å²) in [5.74, 6) is -0.344. The molecule has 0 atom stereocenters. The van der Waals surface area contributed by atoms with Crippen molar-refractivity contribution in [3.05, 3.63) is 93.6 Å².